The second kappa shape index (κ2) is 8.56. The number of sulfonamides is 1. The Balaban J connectivity index is 1.44. The zero-order chi connectivity index (χ0) is 18.4. The fourth-order valence-corrected chi connectivity index (χ4v) is 4.34. The fraction of sp³-hybridized carbons (Fsp3) is 0.400. The minimum atomic E-state index is -3.33. The molecule has 5 nitrogen and oxygen atoms in total. The van der Waals surface area contributed by atoms with Crippen molar-refractivity contribution in [3.05, 3.63) is 60.2 Å². The topological polar surface area (TPSA) is 58.6 Å². The van der Waals surface area contributed by atoms with E-state index in [-0.39, 0.29) is 18.4 Å². The van der Waals surface area contributed by atoms with Crippen LogP contribution in [0, 0.1) is 6.92 Å². The summed E-state index contributed by atoms with van der Waals surface area (Å²) in [5.74, 6) is 0.661. The predicted molar refractivity (Wildman–Crippen MR) is 105 cm³/mol. The number of para-hydroxylation sites is 1. The molecule has 0 aromatic heterocycles. The van der Waals surface area contributed by atoms with E-state index in [1.165, 1.54) is 11.3 Å². The first-order valence-corrected chi connectivity index (χ1v) is 10.7. The maximum atomic E-state index is 12.3. The van der Waals surface area contributed by atoms with Crippen LogP contribution in [-0.2, 0) is 10.0 Å². The molecule has 2 aromatic carbocycles. The van der Waals surface area contributed by atoms with Crippen LogP contribution < -0.4 is 14.4 Å². The van der Waals surface area contributed by atoms with Gasteiger partial charge in [-0.15, -0.1) is 0 Å². The molecule has 2 aromatic rings. The Hall–Kier alpha value is -2.05. The molecule has 140 valence electrons. The molecule has 6 heteroatoms. The van der Waals surface area contributed by atoms with E-state index in [1.54, 1.807) is 0 Å². The summed E-state index contributed by atoms with van der Waals surface area (Å²) in [4.78, 5) is 2.32. The van der Waals surface area contributed by atoms with Gasteiger partial charge in [-0.2, -0.15) is 0 Å². The molecule has 0 aliphatic carbocycles. The summed E-state index contributed by atoms with van der Waals surface area (Å²) in [5, 5.41) is 0. The molecular weight excluding hydrogens is 348 g/mol. The van der Waals surface area contributed by atoms with Crippen LogP contribution in [0.5, 0.6) is 5.75 Å². The normalized spacial score (nSPS) is 15.8. The first-order chi connectivity index (χ1) is 12.5. The second-order valence-corrected chi connectivity index (χ2v) is 8.57. The molecular formula is C20H26N2O3S. The van der Waals surface area contributed by atoms with Crippen LogP contribution in [0.3, 0.4) is 0 Å². The third-order valence-corrected chi connectivity index (χ3v) is 5.97. The lowest BCUT2D eigenvalue weighted by Crippen LogP contribution is -2.45. The van der Waals surface area contributed by atoms with Crippen LogP contribution in [0.25, 0.3) is 0 Å². The molecule has 1 saturated heterocycles. The Kier molecular flexibility index (Phi) is 6.16. The van der Waals surface area contributed by atoms with Crippen molar-refractivity contribution < 1.29 is 13.2 Å². The van der Waals surface area contributed by atoms with Gasteiger partial charge in [0.1, 0.15) is 12.4 Å². The molecule has 0 radical (unpaired) electrons. The van der Waals surface area contributed by atoms with Gasteiger partial charge in [0.05, 0.1) is 5.75 Å². The van der Waals surface area contributed by atoms with E-state index < -0.39 is 10.0 Å². The minimum Gasteiger partial charge on any atom is -0.492 e. The van der Waals surface area contributed by atoms with Crippen molar-refractivity contribution in [2.24, 2.45) is 0 Å². The lowest BCUT2D eigenvalue weighted by molar-refractivity contribution is 0.339. The summed E-state index contributed by atoms with van der Waals surface area (Å²) in [6.07, 6.45) is 1.62. The van der Waals surface area contributed by atoms with Crippen LogP contribution in [-0.4, -0.2) is 39.9 Å². The lowest BCUT2D eigenvalue weighted by Gasteiger charge is -2.34. The van der Waals surface area contributed by atoms with Crippen molar-refractivity contribution in [3.8, 4) is 5.75 Å². The molecule has 0 bridgehead atoms. The van der Waals surface area contributed by atoms with Gasteiger partial charge in [-0.3, -0.25) is 0 Å². The van der Waals surface area contributed by atoms with E-state index in [2.05, 4.69) is 40.8 Å². The number of nitrogens with zero attached hydrogens (tertiary/aromatic N) is 1. The van der Waals surface area contributed by atoms with Crippen molar-refractivity contribution in [2.45, 2.75) is 25.8 Å². The maximum Gasteiger partial charge on any atom is 0.215 e. The van der Waals surface area contributed by atoms with Crippen molar-refractivity contribution in [3.63, 3.8) is 0 Å². The molecule has 3 rings (SSSR count). The zero-order valence-corrected chi connectivity index (χ0v) is 15.9. The van der Waals surface area contributed by atoms with Crippen molar-refractivity contribution in [2.75, 3.05) is 30.3 Å². The molecule has 1 heterocycles. The number of benzene rings is 2. The van der Waals surface area contributed by atoms with Gasteiger partial charge in [0.15, 0.2) is 0 Å². The Bertz CT molecular complexity index is 801. The predicted octanol–water partition coefficient (Wildman–Crippen LogP) is 2.96. The van der Waals surface area contributed by atoms with Crippen LogP contribution in [0.4, 0.5) is 5.69 Å². The summed E-state index contributed by atoms with van der Waals surface area (Å²) in [5.41, 5.74) is 2.45. The monoisotopic (exact) mass is 374 g/mol. The van der Waals surface area contributed by atoms with E-state index in [0.29, 0.717) is 5.75 Å². The van der Waals surface area contributed by atoms with E-state index in [9.17, 15) is 8.42 Å². The van der Waals surface area contributed by atoms with Gasteiger partial charge >= 0.3 is 0 Å². The third-order valence-electron chi connectivity index (χ3n) is 4.57. The number of anilines is 1. The lowest BCUT2D eigenvalue weighted by atomic mass is 10.1. The first kappa shape index (κ1) is 18.7. The van der Waals surface area contributed by atoms with Crippen LogP contribution in [0.2, 0.25) is 0 Å². The summed E-state index contributed by atoms with van der Waals surface area (Å²) in [6, 6.07) is 17.7. The van der Waals surface area contributed by atoms with Crippen molar-refractivity contribution in [1.29, 1.82) is 0 Å². The molecule has 0 amide bonds. The standard InChI is InChI=1S/C20H26N2O3S/c1-17-6-5-7-19(16-17)22-12-10-18(11-13-22)21-26(23,24)15-14-25-20-8-3-2-4-9-20/h2-9,16,18,21H,10-15H2,1H3. The molecule has 0 spiro atoms. The van der Waals surface area contributed by atoms with Crippen LogP contribution in [0.1, 0.15) is 18.4 Å². The van der Waals surface area contributed by atoms with Crippen LogP contribution in [0.15, 0.2) is 54.6 Å². The van der Waals surface area contributed by atoms with Crippen molar-refractivity contribution in [1.82, 2.24) is 4.72 Å². The second-order valence-electron chi connectivity index (χ2n) is 6.70. The molecule has 0 atom stereocenters. The first-order valence-electron chi connectivity index (χ1n) is 9.01. The molecule has 1 N–H and O–H groups in total. The van der Waals surface area contributed by atoms with E-state index in [0.717, 1.165) is 25.9 Å². The SMILES string of the molecule is Cc1cccc(N2CCC(NS(=O)(=O)CCOc3ccccc3)CC2)c1. The number of aryl methyl sites for hydroxylation is 1. The molecule has 1 aliphatic heterocycles. The average molecular weight is 375 g/mol. The summed E-state index contributed by atoms with van der Waals surface area (Å²) >= 11 is 0. The average Bonchev–Trinajstić information content (AvgIpc) is 2.63. The summed E-state index contributed by atoms with van der Waals surface area (Å²) < 4.78 is 32.9. The summed E-state index contributed by atoms with van der Waals surface area (Å²) in [6.45, 7) is 3.96. The largest absolute Gasteiger partial charge is 0.492 e. The van der Waals surface area contributed by atoms with Gasteiger partial charge in [0, 0.05) is 24.8 Å². The smallest absolute Gasteiger partial charge is 0.215 e. The van der Waals surface area contributed by atoms with Crippen molar-refractivity contribution >= 4 is 15.7 Å². The third kappa shape index (κ3) is 5.47. The molecule has 26 heavy (non-hydrogen) atoms. The molecule has 1 fully saturated rings. The molecule has 0 saturated carbocycles. The highest BCUT2D eigenvalue weighted by Crippen LogP contribution is 2.21. The number of hydrogen-bond acceptors (Lipinski definition) is 4. The highest BCUT2D eigenvalue weighted by molar-refractivity contribution is 7.89. The molecule has 0 unspecified atom stereocenters. The Labute approximate surface area is 156 Å². The number of ether oxygens (including phenoxy) is 1. The van der Waals surface area contributed by atoms with Gasteiger partial charge in [0.25, 0.3) is 0 Å². The van der Waals surface area contributed by atoms with Gasteiger partial charge < -0.3 is 9.64 Å². The van der Waals surface area contributed by atoms with E-state index in [1.807, 2.05) is 30.3 Å². The number of hydrogen-bond donors (Lipinski definition) is 1. The Morgan fingerprint density at radius 3 is 2.50 bits per heavy atom. The maximum absolute atomic E-state index is 12.3. The van der Waals surface area contributed by atoms with E-state index >= 15 is 0 Å². The van der Waals surface area contributed by atoms with Gasteiger partial charge in [-0.05, 0) is 49.6 Å². The number of piperidine rings is 1. The zero-order valence-electron chi connectivity index (χ0n) is 15.1. The quantitative estimate of drug-likeness (QED) is 0.809. The number of nitrogens with one attached hydrogen (secondary N) is 1. The molecule has 1 aliphatic rings. The van der Waals surface area contributed by atoms with Gasteiger partial charge in [0.2, 0.25) is 10.0 Å². The van der Waals surface area contributed by atoms with Gasteiger partial charge in [-0.25, -0.2) is 13.1 Å². The Morgan fingerprint density at radius 2 is 1.81 bits per heavy atom. The van der Waals surface area contributed by atoms with Gasteiger partial charge in [-0.1, -0.05) is 30.3 Å². The highest BCUT2D eigenvalue weighted by Gasteiger charge is 2.23. The summed E-state index contributed by atoms with van der Waals surface area (Å²) in [7, 11) is -3.33. The minimum absolute atomic E-state index is 0.00205. The van der Waals surface area contributed by atoms with Crippen LogP contribution >= 0.6 is 0 Å². The Morgan fingerprint density at radius 1 is 1.08 bits per heavy atom. The number of rotatable bonds is 7. The van der Waals surface area contributed by atoms with E-state index in [4.69, 9.17) is 4.74 Å². The highest BCUT2D eigenvalue weighted by atomic mass is 32.2. The fourth-order valence-electron chi connectivity index (χ4n) is 3.18.